The van der Waals surface area contributed by atoms with E-state index in [2.05, 4.69) is 20.7 Å². The third-order valence-electron chi connectivity index (χ3n) is 2.40. The van der Waals surface area contributed by atoms with E-state index in [9.17, 15) is 8.78 Å². The van der Waals surface area contributed by atoms with Gasteiger partial charge < -0.3 is 16.5 Å². The van der Waals surface area contributed by atoms with Crippen LogP contribution in [0, 0.1) is 11.6 Å². The highest BCUT2D eigenvalue weighted by Crippen LogP contribution is 2.26. The molecule has 0 atom stereocenters. The number of nitrogens with one attached hydrogen (secondary N) is 2. The number of rotatable bonds is 4. The minimum atomic E-state index is -0.950. The lowest BCUT2D eigenvalue weighted by atomic mass is 10.3. The fraction of sp³-hybridized carbons (Fsp3) is 0.167. The van der Waals surface area contributed by atoms with Gasteiger partial charge in [-0.05, 0) is 12.1 Å². The van der Waals surface area contributed by atoms with Gasteiger partial charge in [-0.2, -0.15) is 0 Å². The number of anilines is 4. The molecule has 0 bridgehead atoms. The van der Waals surface area contributed by atoms with Gasteiger partial charge in [0.05, 0.1) is 0 Å². The van der Waals surface area contributed by atoms with E-state index in [4.69, 9.17) is 5.73 Å². The van der Waals surface area contributed by atoms with Crippen molar-refractivity contribution in [1.29, 1.82) is 0 Å². The molecule has 1 aromatic heterocycles. The summed E-state index contributed by atoms with van der Waals surface area (Å²) in [5.41, 5.74) is 9.41. The van der Waals surface area contributed by atoms with Crippen LogP contribution in [0.5, 0.6) is 0 Å². The second kappa shape index (κ2) is 5.66. The average Bonchev–Trinajstić information content (AvgIpc) is 2.38. The van der Waals surface area contributed by atoms with Crippen molar-refractivity contribution in [1.82, 2.24) is 15.0 Å². The van der Waals surface area contributed by atoms with Gasteiger partial charge in [0.25, 0.3) is 0 Å². The van der Waals surface area contributed by atoms with Crippen molar-refractivity contribution < 1.29 is 8.78 Å². The zero-order valence-electron chi connectivity index (χ0n) is 11.0. The van der Waals surface area contributed by atoms with E-state index in [0.717, 1.165) is 12.1 Å². The molecule has 1 heterocycles. The standard InChI is InChI=1S/C12H14F2N6/c1-20(2)19-12-10(15)11(16-6-17-12)18-7-3-4-8(13)9(14)5-7/h3-6H,15H2,1-2H3,(H2,16,17,18,19). The highest BCUT2D eigenvalue weighted by atomic mass is 19.2. The van der Waals surface area contributed by atoms with E-state index >= 15 is 0 Å². The summed E-state index contributed by atoms with van der Waals surface area (Å²) in [6, 6.07) is 3.43. The number of hydrogen-bond donors (Lipinski definition) is 3. The lowest BCUT2D eigenvalue weighted by molar-refractivity contribution is 0.492. The van der Waals surface area contributed by atoms with E-state index < -0.39 is 11.6 Å². The van der Waals surface area contributed by atoms with Gasteiger partial charge >= 0.3 is 0 Å². The predicted octanol–water partition coefficient (Wildman–Crippen LogP) is 1.97. The van der Waals surface area contributed by atoms with Crippen LogP contribution in [0.15, 0.2) is 24.5 Å². The van der Waals surface area contributed by atoms with Crippen molar-refractivity contribution >= 4 is 23.0 Å². The SMILES string of the molecule is CN(C)Nc1ncnc(Nc2ccc(F)c(F)c2)c1N. The molecule has 0 aliphatic rings. The number of hydrazine groups is 1. The molecule has 0 saturated carbocycles. The number of nitrogen functional groups attached to an aromatic ring is 1. The maximum Gasteiger partial charge on any atom is 0.169 e. The van der Waals surface area contributed by atoms with Crippen LogP contribution in [0.4, 0.5) is 31.8 Å². The second-order valence-electron chi connectivity index (χ2n) is 4.24. The molecular weight excluding hydrogens is 266 g/mol. The molecule has 0 aliphatic carbocycles. The third-order valence-corrected chi connectivity index (χ3v) is 2.40. The van der Waals surface area contributed by atoms with Crippen molar-refractivity contribution in [3.8, 4) is 0 Å². The normalized spacial score (nSPS) is 10.7. The molecule has 0 unspecified atom stereocenters. The Bertz CT molecular complexity index is 617. The minimum Gasteiger partial charge on any atom is -0.393 e. The smallest absolute Gasteiger partial charge is 0.169 e. The average molecular weight is 280 g/mol. The molecule has 8 heteroatoms. The van der Waals surface area contributed by atoms with Gasteiger partial charge in [0.2, 0.25) is 0 Å². The number of nitrogens with zero attached hydrogens (tertiary/aromatic N) is 3. The van der Waals surface area contributed by atoms with E-state index in [0.29, 0.717) is 17.3 Å². The maximum absolute atomic E-state index is 13.1. The zero-order valence-corrected chi connectivity index (χ0v) is 11.0. The number of hydrogen-bond acceptors (Lipinski definition) is 6. The Morgan fingerprint density at radius 1 is 1.10 bits per heavy atom. The number of aromatic nitrogens is 2. The van der Waals surface area contributed by atoms with Gasteiger partial charge in [-0.15, -0.1) is 0 Å². The third kappa shape index (κ3) is 3.09. The summed E-state index contributed by atoms with van der Waals surface area (Å²) in [5, 5.41) is 4.48. The Morgan fingerprint density at radius 3 is 2.45 bits per heavy atom. The van der Waals surface area contributed by atoms with Gasteiger partial charge in [-0.1, -0.05) is 0 Å². The van der Waals surface area contributed by atoms with Gasteiger partial charge in [0, 0.05) is 25.8 Å². The van der Waals surface area contributed by atoms with Crippen LogP contribution >= 0.6 is 0 Å². The first-order chi connectivity index (χ1) is 9.47. The topological polar surface area (TPSA) is 79.1 Å². The van der Waals surface area contributed by atoms with Crippen molar-refractivity contribution in [2.75, 3.05) is 30.6 Å². The van der Waals surface area contributed by atoms with E-state index in [1.165, 1.54) is 12.4 Å². The Labute approximate surface area is 114 Å². The molecule has 106 valence electrons. The molecule has 0 aliphatic heterocycles. The summed E-state index contributed by atoms with van der Waals surface area (Å²) in [6.07, 6.45) is 1.31. The Hall–Kier alpha value is -2.48. The molecule has 1 aromatic carbocycles. The molecule has 2 rings (SSSR count). The van der Waals surface area contributed by atoms with E-state index in [1.54, 1.807) is 19.1 Å². The van der Waals surface area contributed by atoms with Gasteiger partial charge in [-0.3, -0.25) is 0 Å². The summed E-state index contributed by atoms with van der Waals surface area (Å²) in [5.74, 6) is -1.15. The van der Waals surface area contributed by atoms with Gasteiger partial charge in [0.15, 0.2) is 23.3 Å². The molecule has 0 radical (unpaired) electrons. The highest BCUT2D eigenvalue weighted by Gasteiger charge is 2.10. The Morgan fingerprint density at radius 2 is 1.80 bits per heavy atom. The molecule has 0 fully saturated rings. The Balaban J connectivity index is 2.27. The predicted molar refractivity (Wildman–Crippen MR) is 73.4 cm³/mol. The number of nitrogens with two attached hydrogens (primary N) is 1. The second-order valence-corrected chi connectivity index (χ2v) is 4.24. The maximum atomic E-state index is 13.1. The molecule has 0 amide bonds. The monoisotopic (exact) mass is 280 g/mol. The summed E-state index contributed by atoms with van der Waals surface area (Å²) >= 11 is 0. The molecule has 20 heavy (non-hydrogen) atoms. The molecule has 6 nitrogen and oxygen atoms in total. The van der Waals surface area contributed by atoms with E-state index in [1.807, 2.05) is 0 Å². The lowest BCUT2D eigenvalue weighted by Gasteiger charge is -2.16. The van der Waals surface area contributed by atoms with Crippen LogP contribution in [-0.4, -0.2) is 29.1 Å². The number of benzene rings is 1. The van der Waals surface area contributed by atoms with Crippen molar-refractivity contribution in [3.05, 3.63) is 36.2 Å². The zero-order chi connectivity index (χ0) is 14.7. The fourth-order valence-electron chi connectivity index (χ4n) is 1.51. The first kappa shape index (κ1) is 13.9. The molecule has 0 spiro atoms. The molecule has 4 N–H and O–H groups in total. The molecule has 2 aromatic rings. The summed E-state index contributed by atoms with van der Waals surface area (Å²) in [6.45, 7) is 0. The van der Waals surface area contributed by atoms with Crippen molar-refractivity contribution in [2.45, 2.75) is 0 Å². The van der Waals surface area contributed by atoms with Crippen LogP contribution in [0.3, 0.4) is 0 Å². The lowest BCUT2D eigenvalue weighted by Crippen LogP contribution is -2.21. The van der Waals surface area contributed by atoms with Crippen LogP contribution < -0.4 is 16.5 Å². The summed E-state index contributed by atoms with van der Waals surface area (Å²) in [7, 11) is 3.56. The first-order valence-corrected chi connectivity index (χ1v) is 5.74. The van der Waals surface area contributed by atoms with Gasteiger partial charge in [0.1, 0.15) is 12.0 Å². The van der Waals surface area contributed by atoms with E-state index in [-0.39, 0.29) is 5.69 Å². The highest BCUT2D eigenvalue weighted by molar-refractivity contribution is 5.77. The molecular formula is C12H14F2N6. The summed E-state index contributed by atoms with van der Waals surface area (Å²) in [4.78, 5) is 7.96. The number of halogens is 2. The first-order valence-electron chi connectivity index (χ1n) is 5.74. The molecule has 0 saturated heterocycles. The van der Waals surface area contributed by atoms with Crippen LogP contribution in [0.2, 0.25) is 0 Å². The van der Waals surface area contributed by atoms with Crippen LogP contribution in [0.25, 0.3) is 0 Å². The Kier molecular flexibility index (Phi) is 3.94. The quantitative estimate of drug-likeness (QED) is 0.743. The fourth-order valence-corrected chi connectivity index (χ4v) is 1.51. The largest absolute Gasteiger partial charge is 0.393 e. The van der Waals surface area contributed by atoms with Crippen LogP contribution in [0.1, 0.15) is 0 Å². The van der Waals surface area contributed by atoms with Crippen molar-refractivity contribution in [2.24, 2.45) is 0 Å². The van der Waals surface area contributed by atoms with Crippen molar-refractivity contribution in [3.63, 3.8) is 0 Å². The van der Waals surface area contributed by atoms with Crippen LogP contribution in [-0.2, 0) is 0 Å². The minimum absolute atomic E-state index is 0.269. The van der Waals surface area contributed by atoms with Gasteiger partial charge in [-0.25, -0.2) is 23.8 Å². The summed E-state index contributed by atoms with van der Waals surface area (Å²) < 4.78 is 26.0.